The minimum Gasteiger partial charge on any atom is -0.481 e. The third-order valence-electron chi connectivity index (χ3n) is 7.02. The van der Waals surface area contributed by atoms with Crippen LogP contribution in [0, 0.1) is 0 Å². The van der Waals surface area contributed by atoms with E-state index in [1.807, 2.05) is 21.1 Å². The Hall–Kier alpha value is -0.540. The number of hydrogen-bond donors (Lipinski definition) is 2. The lowest BCUT2D eigenvalue weighted by Crippen LogP contribution is -2.37. The lowest BCUT2D eigenvalue weighted by molar-refractivity contribution is -0.870. The summed E-state index contributed by atoms with van der Waals surface area (Å²) >= 11 is 0. The van der Waals surface area contributed by atoms with Crippen molar-refractivity contribution in [3.05, 3.63) is 0 Å². The molecule has 0 saturated heterocycles. The molecule has 0 aromatic rings. The average molecular weight is 611 g/mol. The Morgan fingerprint density at radius 1 is 0.683 bits per heavy atom. The van der Waals surface area contributed by atoms with E-state index in [1.54, 1.807) is 0 Å². The van der Waals surface area contributed by atoms with Gasteiger partial charge in [-0.2, -0.15) is 0 Å². The highest BCUT2D eigenvalue weighted by atomic mass is 31.2. The number of quaternary nitrogens is 1. The molecule has 0 bridgehead atoms. The Balaban J connectivity index is 4.08. The van der Waals surface area contributed by atoms with Gasteiger partial charge in [-0.25, -0.2) is 4.57 Å². The van der Waals surface area contributed by atoms with Gasteiger partial charge in [0.05, 0.1) is 34.4 Å². The zero-order chi connectivity index (χ0) is 30.7. The van der Waals surface area contributed by atoms with Gasteiger partial charge in [-0.05, 0) is 19.3 Å². The van der Waals surface area contributed by atoms with Gasteiger partial charge in [0.1, 0.15) is 19.3 Å². The number of nitrogens with zero attached hydrogens (tertiary/aromatic N) is 1. The van der Waals surface area contributed by atoms with E-state index in [0.717, 1.165) is 32.1 Å². The van der Waals surface area contributed by atoms with Crippen molar-refractivity contribution in [1.82, 2.24) is 0 Å². The Bertz CT molecular complexity index is 644. The fraction of sp³-hybridized carbons (Fsp3) is 0.968. The summed E-state index contributed by atoms with van der Waals surface area (Å²) in [5.41, 5.74) is 0. The molecule has 2 N–H and O–H groups in total. The molecule has 0 rings (SSSR count). The second-order valence-corrected chi connectivity index (χ2v) is 13.8. The predicted molar refractivity (Wildman–Crippen MR) is 166 cm³/mol. The number of unbranched alkanes of at least 4 members (excludes halogenated alkanes) is 16. The normalized spacial score (nSPS) is 14.3. The number of rotatable bonds is 32. The van der Waals surface area contributed by atoms with Crippen molar-refractivity contribution >= 4 is 13.8 Å². The fourth-order valence-electron chi connectivity index (χ4n) is 4.38. The summed E-state index contributed by atoms with van der Waals surface area (Å²) in [5.74, 6) is -0.772. The van der Waals surface area contributed by atoms with Crippen LogP contribution >= 0.6 is 7.82 Å². The standard InChI is InChI=1S/C31H64NO8P/c1-5-6-7-8-9-10-11-12-13-14-15-16-18-21-25-37-28-30(38-26-22-19-17-20-23-31(33)34)29-40-41(35,36)39-27-24-32(2,3)4/h30H,5-29H2,1-4H3,(H-,33,34,35,36)/p+1/t30-/m1/s1. The van der Waals surface area contributed by atoms with Gasteiger partial charge in [0.2, 0.25) is 0 Å². The summed E-state index contributed by atoms with van der Waals surface area (Å²) in [6, 6.07) is 0. The molecule has 0 aliphatic heterocycles. The highest BCUT2D eigenvalue weighted by Gasteiger charge is 2.25. The van der Waals surface area contributed by atoms with Crippen LogP contribution in [0.1, 0.15) is 129 Å². The maximum Gasteiger partial charge on any atom is 0.472 e. The first-order chi connectivity index (χ1) is 19.6. The van der Waals surface area contributed by atoms with E-state index in [9.17, 15) is 14.3 Å². The summed E-state index contributed by atoms with van der Waals surface area (Å²) in [6.07, 6.45) is 21.2. The number of carbonyl (C=O) groups is 1. The molecule has 0 spiro atoms. The first-order valence-electron chi connectivity index (χ1n) is 16.4. The van der Waals surface area contributed by atoms with E-state index in [1.165, 1.54) is 77.0 Å². The van der Waals surface area contributed by atoms with Crippen molar-refractivity contribution in [2.75, 3.05) is 60.7 Å². The van der Waals surface area contributed by atoms with E-state index >= 15 is 0 Å². The van der Waals surface area contributed by atoms with Crippen LogP contribution in [0.4, 0.5) is 0 Å². The minimum absolute atomic E-state index is 0.0874. The lowest BCUT2D eigenvalue weighted by atomic mass is 10.0. The molecule has 0 aliphatic carbocycles. The van der Waals surface area contributed by atoms with Crippen LogP contribution in [0.15, 0.2) is 0 Å². The lowest BCUT2D eigenvalue weighted by Gasteiger charge is -2.24. The van der Waals surface area contributed by atoms with Crippen molar-refractivity contribution in [2.45, 2.75) is 135 Å². The number of ether oxygens (including phenoxy) is 2. The second-order valence-electron chi connectivity index (χ2n) is 12.3. The maximum absolute atomic E-state index is 12.3. The number of carboxylic acid groups (broad SMARTS) is 1. The molecule has 246 valence electrons. The molecular weight excluding hydrogens is 545 g/mol. The van der Waals surface area contributed by atoms with Crippen LogP contribution in [0.3, 0.4) is 0 Å². The Kier molecular flexibility index (Phi) is 26.7. The zero-order valence-electron chi connectivity index (χ0n) is 27.0. The minimum atomic E-state index is -4.17. The predicted octanol–water partition coefficient (Wildman–Crippen LogP) is 7.74. The molecule has 0 radical (unpaired) electrons. The molecule has 41 heavy (non-hydrogen) atoms. The number of likely N-dealkylation sites (N-methyl/N-ethyl adjacent to an activating group) is 1. The molecule has 0 saturated carbocycles. The first-order valence-corrected chi connectivity index (χ1v) is 17.9. The molecule has 10 heteroatoms. The van der Waals surface area contributed by atoms with Crippen molar-refractivity contribution in [3.8, 4) is 0 Å². The van der Waals surface area contributed by atoms with Gasteiger partial charge in [-0.3, -0.25) is 13.8 Å². The van der Waals surface area contributed by atoms with Crippen LogP contribution in [-0.4, -0.2) is 87.3 Å². The quantitative estimate of drug-likeness (QED) is 0.0452. The Morgan fingerprint density at radius 2 is 1.17 bits per heavy atom. The molecule has 0 aromatic carbocycles. The molecule has 0 aromatic heterocycles. The van der Waals surface area contributed by atoms with E-state index in [-0.39, 0.29) is 26.2 Å². The SMILES string of the molecule is CCCCCCCCCCCCCCCCOC[C@H](COP(=O)(O)OCC[N+](C)(C)C)OCCCCCCC(=O)O. The summed E-state index contributed by atoms with van der Waals surface area (Å²) in [6.45, 7) is 4.25. The van der Waals surface area contributed by atoms with E-state index in [2.05, 4.69) is 6.92 Å². The van der Waals surface area contributed by atoms with E-state index < -0.39 is 19.9 Å². The zero-order valence-corrected chi connectivity index (χ0v) is 27.9. The smallest absolute Gasteiger partial charge is 0.472 e. The Morgan fingerprint density at radius 3 is 1.68 bits per heavy atom. The van der Waals surface area contributed by atoms with Gasteiger partial charge in [-0.1, -0.05) is 103 Å². The van der Waals surface area contributed by atoms with Gasteiger partial charge >= 0.3 is 13.8 Å². The number of phosphoric ester groups is 1. The van der Waals surface area contributed by atoms with Crippen LogP contribution < -0.4 is 0 Å². The average Bonchev–Trinajstić information content (AvgIpc) is 2.89. The largest absolute Gasteiger partial charge is 0.481 e. The summed E-state index contributed by atoms with van der Waals surface area (Å²) < 4.78 is 35.0. The summed E-state index contributed by atoms with van der Waals surface area (Å²) in [4.78, 5) is 20.7. The third kappa shape index (κ3) is 32.2. The van der Waals surface area contributed by atoms with Crippen molar-refractivity contribution in [2.24, 2.45) is 0 Å². The third-order valence-corrected chi connectivity index (χ3v) is 8.01. The summed E-state index contributed by atoms with van der Waals surface area (Å²) in [7, 11) is 1.77. The molecule has 1 unspecified atom stereocenters. The maximum atomic E-state index is 12.3. The van der Waals surface area contributed by atoms with Gasteiger partial charge in [-0.15, -0.1) is 0 Å². The Labute approximate surface area is 251 Å². The highest BCUT2D eigenvalue weighted by molar-refractivity contribution is 7.47. The van der Waals surface area contributed by atoms with Gasteiger partial charge in [0.15, 0.2) is 0 Å². The number of carboxylic acids is 1. The van der Waals surface area contributed by atoms with E-state index in [0.29, 0.717) is 30.7 Å². The van der Waals surface area contributed by atoms with Crippen molar-refractivity contribution < 1.29 is 42.4 Å². The van der Waals surface area contributed by atoms with Crippen LogP contribution in [0.25, 0.3) is 0 Å². The molecule has 9 nitrogen and oxygen atoms in total. The molecule has 0 amide bonds. The highest BCUT2D eigenvalue weighted by Crippen LogP contribution is 2.43. The first kappa shape index (κ1) is 40.5. The van der Waals surface area contributed by atoms with Crippen LogP contribution in [0.2, 0.25) is 0 Å². The van der Waals surface area contributed by atoms with Crippen molar-refractivity contribution in [1.29, 1.82) is 0 Å². The molecule has 0 heterocycles. The molecular formula is C31H65NO8P+. The summed E-state index contributed by atoms with van der Waals surface area (Å²) in [5, 5.41) is 8.74. The fourth-order valence-corrected chi connectivity index (χ4v) is 5.13. The van der Waals surface area contributed by atoms with Crippen LogP contribution in [0.5, 0.6) is 0 Å². The van der Waals surface area contributed by atoms with Gasteiger partial charge in [0, 0.05) is 19.6 Å². The molecule has 2 atom stereocenters. The monoisotopic (exact) mass is 610 g/mol. The van der Waals surface area contributed by atoms with E-state index in [4.69, 9.17) is 23.6 Å². The molecule has 0 fully saturated rings. The second kappa shape index (κ2) is 27.0. The molecule has 0 aliphatic rings. The van der Waals surface area contributed by atoms with Gasteiger partial charge < -0.3 is 24.0 Å². The van der Waals surface area contributed by atoms with Gasteiger partial charge in [0.25, 0.3) is 0 Å². The topological polar surface area (TPSA) is 112 Å². The number of hydrogen-bond acceptors (Lipinski definition) is 6. The van der Waals surface area contributed by atoms with Crippen LogP contribution in [-0.2, 0) is 27.9 Å². The number of phosphoric acid groups is 1. The van der Waals surface area contributed by atoms with Crippen molar-refractivity contribution in [3.63, 3.8) is 0 Å². The number of aliphatic carboxylic acids is 1.